The molecule has 1 heterocycles. The number of anilines is 2. The Morgan fingerprint density at radius 1 is 0.844 bits per heavy atom. The minimum atomic E-state index is -0.495. The lowest BCUT2D eigenvalue weighted by Gasteiger charge is -2.14. The number of fused-ring (bicyclic) bond motifs is 1. The Morgan fingerprint density at radius 3 is 2.16 bits per heavy atom. The third kappa shape index (κ3) is 4.13. The molecule has 0 atom stereocenters. The van der Waals surface area contributed by atoms with Gasteiger partial charge in [0.15, 0.2) is 0 Å². The maximum atomic E-state index is 13.0. The minimum absolute atomic E-state index is 0.184. The molecule has 1 aliphatic rings. The van der Waals surface area contributed by atoms with Crippen molar-refractivity contribution in [2.75, 3.05) is 10.2 Å². The summed E-state index contributed by atoms with van der Waals surface area (Å²) < 4.78 is 0. The van der Waals surface area contributed by atoms with E-state index in [0.717, 1.165) is 16.0 Å². The Hall–Kier alpha value is -4.26. The predicted octanol–water partition coefficient (Wildman–Crippen LogP) is 3.68. The van der Waals surface area contributed by atoms with Crippen molar-refractivity contribution in [3.63, 3.8) is 0 Å². The first-order valence-corrected chi connectivity index (χ1v) is 10.1. The number of benzene rings is 3. The predicted molar refractivity (Wildman–Crippen MR) is 121 cm³/mol. The van der Waals surface area contributed by atoms with E-state index in [1.165, 1.54) is 25.1 Å². The summed E-state index contributed by atoms with van der Waals surface area (Å²) in [5.74, 6) is -1.49. The summed E-state index contributed by atoms with van der Waals surface area (Å²) in [6.07, 6.45) is 0. The standard InChI is InChI=1S/C25H21N3O4/c1-15-3-5-17(6-4-15)14-26-23(30)18-7-12-21-22(13-18)25(32)28(24(21)31)20-10-8-19(9-11-20)27-16(2)29/h3-13H,14H2,1-2H3,(H,26,30)(H,27,29). The Morgan fingerprint density at radius 2 is 1.50 bits per heavy atom. The fourth-order valence-electron chi connectivity index (χ4n) is 3.50. The van der Waals surface area contributed by atoms with Crippen LogP contribution < -0.4 is 15.5 Å². The van der Waals surface area contributed by atoms with Crippen molar-refractivity contribution < 1.29 is 19.2 Å². The van der Waals surface area contributed by atoms with Crippen LogP contribution in [0, 0.1) is 6.92 Å². The number of nitrogens with zero attached hydrogens (tertiary/aromatic N) is 1. The molecule has 32 heavy (non-hydrogen) atoms. The Labute approximate surface area is 185 Å². The normalized spacial score (nSPS) is 12.5. The zero-order chi connectivity index (χ0) is 22.8. The highest BCUT2D eigenvalue weighted by Crippen LogP contribution is 2.30. The highest BCUT2D eigenvalue weighted by atomic mass is 16.2. The Bertz CT molecular complexity index is 1230. The first-order valence-electron chi connectivity index (χ1n) is 10.1. The summed E-state index contributed by atoms with van der Waals surface area (Å²) in [6, 6.07) is 18.7. The highest BCUT2D eigenvalue weighted by Gasteiger charge is 2.37. The van der Waals surface area contributed by atoms with Gasteiger partial charge in [-0.3, -0.25) is 19.2 Å². The molecule has 160 valence electrons. The number of nitrogens with one attached hydrogen (secondary N) is 2. The van der Waals surface area contributed by atoms with E-state index < -0.39 is 11.8 Å². The van der Waals surface area contributed by atoms with Gasteiger partial charge in [0.2, 0.25) is 5.91 Å². The van der Waals surface area contributed by atoms with Gasteiger partial charge in [-0.15, -0.1) is 0 Å². The fourth-order valence-corrected chi connectivity index (χ4v) is 3.50. The second-order valence-electron chi connectivity index (χ2n) is 7.60. The van der Waals surface area contributed by atoms with Gasteiger partial charge in [-0.1, -0.05) is 29.8 Å². The molecular formula is C25H21N3O4. The van der Waals surface area contributed by atoms with Crippen molar-refractivity contribution in [1.29, 1.82) is 0 Å². The smallest absolute Gasteiger partial charge is 0.266 e. The van der Waals surface area contributed by atoms with Gasteiger partial charge in [0.05, 0.1) is 16.8 Å². The first-order chi connectivity index (χ1) is 15.3. The summed E-state index contributed by atoms with van der Waals surface area (Å²) in [7, 11) is 0. The third-order valence-electron chi connectivity index (χ3n) is 5.17. The monoisotopic (exact) mass is 427 g/mol. The molecule has 1 aliphatic heterocycles. The van der Waals surface area contributed by atoms with Crippen molar-refractivity contribution in [2.45, 2.75) is 20.4 Å². The van der Waals surface area contributed by atoms with Crippen molar-refractivity contribution in [3.05, 3.63) is 94.5 Å². The maximum Gasteiger partial charge on any atom is 0.266 e. The van der Waals surface area contributed by atoms with Crippen LogP contribution in [0.15, 0.2) is 66.7 Å². The van der Waals surface area contributed by atoms with Crippen molar-refractivity contribution in [1.82, 2.24) is 5.32 Å². The second kappa shape index (κ2) is 8.47. The van der Waals surface area contributed by atoms with Gasteiger partial charge in [0.25, 0.3) is 17.7 Å². The average molecular weight is 427 g/mol. The molecule has 0 radical (unpaired) electrons. The number of imide groups is 1. The summed E-state index contributed by atoms with van der Waals surface area (Å²) in [4.78, 5) is 50.6. The van der Waals surface area contributed by atoms with Gasteiger partial charge in [0.1, 0.15) is 0 Å². The van der Waals surface area contributed by atoms with Crippen LogP contribution in [0.1, 0.15) is 49.1 Å². The summed E-state index contributed by atoms with van der Waals surface area (Å²) >= 11 is 0. The quantitative estimate of drug-likeness (QED) is 0.607. The second-order valence-corrected chi connectivity index (χ2v) is 7.60. The zero-order valence-corrected chi connectivity index (χ0v) is 17.6. The molecule has 3 aromatic rings. The third-order valence-corrected chi connectivity index (χ3v) is 5.17. The molecule has 4 rings (SSSR count). The number of hydrogen-bond acceptors (Lipinski definition) is 4. The highest BCUT2D eigenvalue weighted by molar-refractivity contribution is 6.34. The van der Waals surface area contributed by atoms with Crippen LogP contribution in [0.5, 0.6) is 0 Å². The first kappa shape index (κ1) is 21.0. The molecule has 0 spiro atoms. The van der Waals surface area contributed by atoms with Gasteiger partial charge >= 0.3 is 0 Å². The van der Waals surface area contributed by atoms with Gasteiger partial charge in [0, 0.05) is 24.7 Å². The van der Waals surface area contributed by atoms with Gasteiger partial charge in [-0.25, -0.2) is 4.90 Å². The van der Waals surface area contributed by atoms with Crippen molar-refractivity contribution in [2.24, 2.45) is 0 Å². The van der Waals surface area contributed by atoms with Crippen LogP contribution >= 0.6 is 0 Å². The summed E-state index contributed by atoms with van der Waals surface area (Å²) in [5.41, 5.74) is 3.78. The summed E-state index contributed by atoms with van der Waals surface area (Å²) in [5, 5.41) is 5.47. The largest absolute Gasteiger partial charge is 0.348 e. The molecule has 0 saturated heterocycles. The number of rotatable bonds is 5. The lowest BCUT2D eigenvalue weighted by atomic mass is 10.1. The van der Waals surface area contributed by atoms with Gasteiger partial charge in [-0.05, 0) is 55.0 Å². The Balaban J connectivity index is 1.51. The molecule has 7 heteroatoms. The number of amides is 4. The molecule has 4 amide bonds. The zero-order valence-electron chi connectivity index (χ0n) is 17.6. The van der Waals surface area contributed by atoms with Crippen LogP contribution in [-0.4, -0.2) is 23.6 Å². The van der Waals surface area contributed by atoms with Crippen LogP contribution in [-0.2, 0) is 11.3 Å². The van der Waals surface area contributed by atoms with Crippen LogP contribution in [0.25, 0.3) is 0 Å². The van der Waals surface area contributed by atoms with E-state index in [1.807, 2.05) is 31.2 Å². The molecule has 0 bridgehead atoms. The van der Waals surface area contributed by atoms with Crippen LogP contribution in [0.3, 0.4) is 0 Å². The number of carbonyl (C=O) groups excluding carboxylic acids is 4. The molecule has 2 N–H and O–H groups in total. The SMILES string of the molecule is CC(=O)Nc1ccc(N2C(=O)c3ccc(C(=O)NCc4ccc(C)cc4)cc3C2=O)cc1. The van der Waals surface area contributed by atoms with E-state index in [0.29, 0.717) is 23.5 Å². The molecule has 0 saturated carbocycles. The fraction of sp³-hybridized carbons (Fsp3) is 0.120. The topological polar surface area (TPSA) is 95.6 Å². The van der Waals surface area contributed by atoms with Crippen LogP contribution in [0.2, 0.25) is 0 Å². The van der Waals surface area contributed by atoms with E-state index in [1.54, 1.807) is 24.3 Å². The number of aryl methyl sites for hydroxylation is 1. The molecule has 0 aromatic heterocycles. The molecule has 0 fully saturated rings. The maximum absolute atomic E-state index is 13.0. The molecule has 3 aromatic carbocycles. The number of hydrogen-bond donors (Lipinski definition) is 2. The average Bonchev–Trinajstić information content (AvgIpc) is 3.03. The van der Waals surface area contributed by atoms with E-state index in [-0.39, 0.29) is 22.9 Å². The van der Waals surface area contributed by atoms with E-state index >= 15 is 0 Å². The molecule has 0 unspecified atom stereocenters. The Kier molecular flexibility index (Phi) is 5.55. The van der Waals surface area contributed by atoms with Gasteiger partial charge in [-0.2, -0.15) is 0 Å². The lowest BCUT2D eigenvalue weighted by Crippen LogP contribution is -2.29. The molecular weight excluding hydrogens is 406 g/mol. The van der Waals surface area contributed by atoms with Crippen molar-refractivity contribution in [3.8, 4) is 0 Å². The van der Waals surface area contributed by atoms with E-state index in [2.05, 4.69) is 10.6 Å². The summed E-state index contributed by atoms with van der Waals surface area (Å²) in [6.45, 7) is 3.74. The minimum Gasteiger partial charge on any atom is -0.348 e. The lowest BCUT2D eigenvalue weighted by molar-refractivity contribution is -0.114. The van der Waals surface area contributed by atoms with Gasteiger partial charge < -0.3 is 10.6 Å². The molecule has 7 nitrogen and oxygen atoms in total. The van der Waals surface area contributed by atoms with Crippen molar-refractivity contribution >= 4 is 35.0 Å². The van der Waals surface area contributed by atoms with Crippen LogP contribution in [0.4, 0.5) is 11.4 Å². The molecule has 0 aliphatic carbocycles. The number of carbonyl (C=O) groups is 4. The van der Waals surface area contributed by atoms with E-state index in [4.69, 9.17) is 0 Å². The van der Waals surface area contributed by atoms with E-state index in [9.17, 15) is 19.2 Å².